The molecule has 120 valence electrons. The molecule has 0 N–H and O–H groups in total. The van der Waals surface area contributed by atoms with E-state index in [0.717, 1.165) is 6.42 Å². The molecule has 1 aliphatic carbocycles. The van der Waals surface area contributed by atoms with Crippen molar-refractivity contribution in [2.24, 2.45) is 11.3 Å². The molecule has 1 fully saturated rings. The van der Waals surface area contributed by atoms with Crippen LogP contribution in [-0.2, 0) is 14.3 Å². The normalized spacial score (nSPS) is 17.0. The second-order valence-corrected chi connectivity index (χ2v) is 5.57. The number of aldehydes is 1. The van der Waals surface area contributed by atoms with Crippen molar-refractivity contribution in [3.8, 4) is 25.2 Å². The van der Waals surface area contributed by atoms with E-state index in [1.54, 1.807) is 0 Å². The van der Waals surface area contributed by atoms with E-state index in [2.05, 4.69) is 18.8 Å². The van der Waals surface area contributed by atoms with Gasteiger partial charge in [0.05, 0.1) is 19.0 Å². The van der Waals surface area contributed by atoms with Crippen LogP contribution in [0.1, 0.15) is 20.3 Å². The van der Waals surface area contributed by atoms with E-state index in [-0.39, 0.29) is 37.1 Å². The lowest BCUT2D eigenvalue weighted by atomic mass is 10.1. The summed E-state index contributed by atoms with van der Waals surface area (Å²) in [5.74, 6) is 1.91. The number of terminal acetylenes is 2. The zero-order valence-electron chi connectivity index (χ0n) is 13.2. The van der Waals surface area contributed by atoms with Gasteiger partial charge in [-0.15, -0.1) is 19.3 Å². The van der Waals surface area contributed by atoms with Crippen LogP contribution in [0.4, 0.5) is 4.79 Å². The molecule has 22 heavy (non-hydrogen) atoms. The number of esters is 1. The molecule has 0 aromatic rings. The zero-order chi connectivity index (χ0) is 17.3. The lowest BCUT2D eigenvalue weighted by Crippen LogP contribution is -2.43. The highest BCUT2D eigenvalue weighted by Gasteiger charge is 2.51. The summed E-state index contributed by atoms with van der Waals surface area (Å²) in [6.45, 7) is 3.78. The molecule has 0 heterocycles. The minimum Gasteiger partial charge on any atom is -0.444 e. The Morgan fingerprint density at radius 2 is 1.95 bits per heavy atom. The lowest BCUT2D eigenvalue weighted by Gasteiger charge is -2.24. The fraction of sp³-hybridized carbons (Fsp3) is 0.562. The van der Waals surface area contributed by atoms with Crippen molar-refractivity contribution in [3.63, 3.8) is 0 Å². The molecule has 0 spiro atoms. The standard InChI is InChI=1S/C14H20N2O4.C2H2/c1-5-6-16(7-8-17)13(19)15(4)10-20-12(18)11-9-14(11,2)3;1-2/h1,8,11H,6-7,9-10H2,2-4H3;1-2H/t11-;/m0./s1. The van der Waals surface area contributed by atoms with Crippen molar-refractivity contribution in [2.75, 3.05) is 26.9 Å². The third kappa shape index (κ3) is 5.49. The smallest absolute Gasteiger partial charge is 0.323 e. The maximum absolute atomic E-state index is 12.0. The van der Waals surface area contributed by atoms with Gasteiger partial charge in [-0.1, -0.05) is 19.8 Å². The van der Waals surface area contributed by atoms with Crippen LogP contribution in [-0.4, -0.2) is 55.0 Å². The number of amides is 2. The van der Waals surface area contributed by atoms with E-state index < -0.39 is 6.03 Å². The van der Waals surface area contributed by atoms with Gasteiger partial charge in [0, 0.05) is 7.05 Å². The quantitative estimate of drug-likeness (QED) is 0.317. The maximum atomic E-state index is 12.0. The molecule has 6 nitrogen and oxygen atoms in total. The molecule has 1 aliphatic rings. The van der Waals surface area contributed by atoms with Gasteiger partial charge in [0.25, 0.3) is 0 Å². The highest BCUT2D eigenvalue weighted by atomic mass is 16.5. The summed E-state index contributed by atoms with van der Waals surface area (Å²) < 4.78 is 5.09. The van der Waals surface area contributed by atoms with Crippen LogP contribution in [0.25, 0.3) is 0 Å². The average molecular weight is 306 g/mol. The molecule has 6 heteroatoms. The minimum atomic E-state index is -0.446. The Morgan fingerprint density at radius 1 is 1.41 bits per heavy atom. The number of ether oxygens (including phenoxy) is 1. The van der Waals surface area contributed by atoms with Gasteiger partial charge in [-0.3, -0.25) is 9.69 Å². The summed E-state index contributed by atoms with van der Waals surface area (Å²) in [4.78, 5) is 36.6. The van der Waals surface area contributed by atoms with Crippen molar-refractivity contribution < 1.29 is 19.1 Å². The Morgan fingerprint density at radius 3 is 2.36 bits per heavy atom. The SMILES string of the molecule is C#C.C#CCN(CC=O)C(=O)N(C)COC(=O)[C@@H]1CC1(C)C. The zero-order valence-corrected chi connectivity index (χ0v) is 13.2. The molecule has 0 bridgehead atoms. The van der Waals surface area contributed by atoms with Crippen LogP contribution >= 0.6 is 0 Å². The summed E-state index contributed by atoms with van der Waals surface area (Å²) >= 11 is 0. The van der Waals surface area contributed by atoms with Crippen LogP contribution in [0.5, 0.6) is 0 Å². The van der Waals surface area contributed by atoms with Crippen LogP contribution in [0.15, 0.2) is 0 Å². The molecule has 0 aromatic heterocycles. The first-order valence-electron chi connectivity index (χ1n) is 6.70. The number of carbonyl (C=O) groups is 3. The first-order chi connectivity index (χ1) is 10.3. The summed E-state index contributed by atoms with van der Waals surface area (Å²) in [6, 6.07) is -0.446. The molecule has 1 saturated carbocycles. The molecule has 0 radical (unpaired) electrons. The molecule has 0 unspecified atom stereocenters. The summed E-state index contributed by atoms with van der Waals surface area (Å²) in [5.41, 5.74) is -0.00726. The van der Waals surface area contributed by atoms with Gasteiger partial charge in [-0.05, 0) is 11.8 Å². The minimum absolute atomic E-state index is 0.00726. The summed E-state index contributed by atoms with van der Waals surface area (Å²) in [7, 11) is 1.49. The first-order valence-corrected chi connectivity index (χ1v) is 6.70. The molecule has 0 aromatic carbocycles. The highest BCUT2D eigenvalue weighted by Crippen LogP contribution is 2.52. The van der Waals surface area contributed by atoms with E-state index >= 15 is 0 Å². The Kier molecular flexibility index (Phi) is 7.76. The summed E-state index contributed by atoms with van der Waals surface area (Å²) in [5, 5.41) is 0. The van der Waals surface area contributed by atoms with Crippen LogP contribution < -0.4 is 0 Å². The topological polar surface area (TPSA) is 66.9 Å². The van der Waals surface area contributed by atoms with Crippen molar-refractivity contribution in [1.82, 2.24) is 9.80 Å². The average Bonchev–Trinajstić information content (AvgIpc) is 3.14. The maximum Gasteiger partial charge on any atom is 0.323 e. The number of urea groups is 1. The molecule has 0 saturated heterocycles. The van der Waals surface area contributed by atoms with Gasteiger partial charge in [0.15, 0.2) is 6.73 Å². The molecular formula is C16H22N2O4. The molecule has 1 rings (SSSR count). The molecular weight excluding hydrogens is 284 g/mol. The number of nitrogens with zero attached hydrogens (tertiary/aromatic N) is 2. The van der Waals surface area contributed by atoms with Gasteiger partial charge in [-0.2, -0.15) is 0 Å². The monoisotopic (exact) mass is 306 g/mol. The van der Waals surface area contributed by atoms with E-state index in [4.69, 9.17) is 11.2 Å². The number of carbonyl (C=O) groups excluding carboxylic acids is 3. The summed E-state index contributed by atoms with van der Waals surface area (Å²) in [6.07, 6.45) is 14.5. The van der Waals surface area contributed by atoms with Crippen LogP contribution in [0, 0.1) is 36.5 Å². The predicted molar refractivity (Wildman–Crippen MR) is 82.4 cm³/mol. The Hall–Kier alpha value is -2.47. The predicted octanol–water partition coefficient (Wildman–Crippen LogP) is 0.968. The number of hydrogen-bond acceptors (Lipinski definition) is 4. The number of rotatable bonds is 6. The van der Waals surface area contributed by atoms with E-state index in [9.17, 15) is 14.4 Å². The van der Waals surface area contributed by atoms with Crippen molar-refractivity contribution >= 4 is 18.3 Å². The Balaban J connectivity index is 0.00000211. The highest BCUT2D eigenvalue weighted by molar-refractivity contribution is 5.78. The van der Waals surface area contributed by atoms with E-state index in [0.29, 0.717) is 6.29 Å². The second-order valence-electron chi connectivity index (χ2n) is 5.57. The molecule has 0 aliphatic heterocycles. The van der Waals surface area contributed by atoms with Gasteiger partial charge < -0.3 is 14.4 Å². The fourth-order valence-corrected chi connectivity index (χ4v) is 1.84. The Labute approximate surface area is 131 Å². The van der Waals surface area contributed by atoms with Crippen molar-refractivity contribution in [3.05, 3.63) is 0 Å². The third-order valence-electron chi connectivity index (χ3n) is 3.37. The fourth-order valence-electron chi connectivity index (χ4n) is 1.84. The van der Waals surface area contributed by atoms with Crippen molar-refractivity contribution in [2.45, 2.75) is 20.3 Å². The lowest BCUT2D eigenvalue weighted by molar-refractivity contribution is -0.149. The first kappa shape index (κ1) is 19.5. The van der Waals surface area contributed by atoms with Gasteiger partial charge in [0.2, 0.25) is 0 Å². The Bertz CT molecular complexity index is 476. The number of hydrogen-bond donors (Lipinski definition) is 0. The van der Waals surface area contributed by atoms with Crippen LogP contribution in [0.3, 0.4) is 0 Å². The van der Waals surface area contributed by atoms with Gasteiger partial charge in [-0.25, -0.2) is 4.79 Å². The van der Waals surface area contributed by atoms with Gasteiger partial charge >= 0.3 is 12.0 Å². The largest absolute Gasteiger partial charge is 0.444 e. The second kappa shape index (κ2) is 8.74. The van der Waals surface area contributed by atoms with Gasteiger partial charge in [0.1, 0.15) is 6.29 Å². The van der Waals surface area contributed by atoms with E-state index in [1.165, 1.54) is 16.8 Å². The van der Waals surface area contributed by atoms with Crippen molar-refractivity contribution in [1.29, 1.82) is 0 Å². The van der Waals surface area contributed by atoms with E-state index in [1.807, 2.05) is 13.8 Å². The van der Waals surface area contributed by atoms with Crippen LogP contribution in [0.2, 0.25) is 0 Å². The third-order valence-corrected chi connectivity index (χ3v) is 3.37. The molecule has 1 atom stereocenters. The molecule has 2 amide bonds.